The number of hydroxylamine groups is 1. The maximum Gasteiger partial charge on any atom is 0.364 e. The first-order chi connectivity index (χ1) is 12.2. The van der Waals surface area contributed by atoms with Gasteiger partial charge in [0.2, 0.25) is 6.04 Å². The molecule has 0 radical (unpaired) electrons. The molecule has 0 fully saturated rings. The summed E-state index contributed by atoms with van der Waals surface area (Å²) in [5.41, 5.74) is 0.809. The van der Waals surface area contributed by atoms with E-state index in [-0.39, 0.29) is 11.3 Å². The summed E-state index contributed by atoms with van der Waals surface area (Å²) in [5, 5.41) is 23.0. The molecule has 0 heterocycles. The summed E-state index contributed by atoms with van der Waals surface area (Å²) in [4.78, 5) is 13.1. The van der Waals surface area contributed by atoms with Gasteiger partial charge in [-0.1, -0.05) is 24.3 Å². The van der Waals surface area contributed by atoms with Crippen LogP contribution in [0.25, 0.3) is 10.8 Å². The van der Waals surface area contributed by atoms with Crippen LogP contribution in [-0.2, 0) is 14.8 Å². The molecule has 2 atom stereocenters. The summed E-state index contributed by atoms with van der Waals surface area (Å²) in [7, 11) is -0.756. The number of carboxylic acid groups (broad SMARTS) is 1. The van der Waals surface area contributed by atoms with Crippen LogP contribution in [0.15, 0.2) is 41.3 Å². The van der Waals surface area contributed by atoms with Crippen LogP contribution in [-0.4, -0.2) is 51.6 Å². The van der Waals surface area contributed by atoms with Crippen LogP contribution in [0, 0.1) is 5.21 Å². The molecule has 0 aromatic heterocycles. The fraction of sp³-hybridized carbons (Fsp3) is 0.353. The highest BCUT2D eigenvalue weighted by Crippen LogP contribution is 2.29. The van der Waals surface area contributed by atoms with E-state index in [0.717, 1.165) is 5.69 Å². The van der Waals surface area contributed by atoms with E-state index in [2.05, 4.69) is 0 Å². The Hall–Kier alpha value is -1.81. The van der Waals surface area contributed by atoms with Crippen LogP contribution in [0.3, 0.4) is 0 Å². The van der Waals surface area contributed by atoms with Crippen LogP contribution >= 0.6 is 11.8 Å². The fourth-order valence-electron chi connectivity index (χ4n) is 2.76. The van der Waals surface area contributed by atoms with Crippen molar-refractivity contribution >= 4 is 44.2 Å². The minimum absolute atomic E-state index is 0.0255. The fourth-order valence-corrected chi connectivity index (χ4v) is 4.77. The number of anilines is 1. The molecule has 142 valence electrons. The average Bonchev–Trinajstić information content (AvgIpc) is 2.60. The number of thioether (sulfide) groups is 1. The van der Waals surface area contributed by atoms with Crippen LogP contribution in [0.5, 0.6) is 0 Å². The second kappa shape index (κ2) is 8.26. The van der Waals surface area contributed by atoms with Crippen molar-refractivity contribution < 1.29 is 22.8 Å². The van der Waals surface area contributed by atoms with Crippen molar-refractivity contribution in [3.63, 3.8) is 0 Å². The number of fused-ring (bicyclic) bond motifs is 1. The third-order valence-electron chi connectivity index (χ3n) is 4.09. The molecule has 2 N–H and O–H groups in total. The van der Waals surface area contributed by atoms with Crippen LogP contribution < -0.4 is 9.37 Å². The number of sulfonamides is 1. The van der Waals surface area contributed by atoms with Gasteiger partial charge in [0.05, 0.1) is 0 Å². The van der Waals surface area contributed by atoms with Crippen LogP contribution in [0.4, 0.5) is 5.69 Å². The van der Waals surface area contributed by atoms with Gasteiger partial charge >= 0.3 is 16.0 Å². The van der Waals surface area contributed by atoms with Crippen molar-refractivity contribution in [3.8, 4) is 0 Å². The molecule has 2 rings (SSSR count). The minimum atomic E-state index is -4.43. The zero-order valence-electron chi connectivity index (χ0n) is 14.8. The molecular formula is C17H22N2O5S2. The highest BCUT2D eigenvalue weighted by molar-refractivity contribution is 7.98. The van der Waals surface area contributed by atoms with Gasteiger partial charge in [0, 0.05) is 37.0 Å². The SMILES string of the molecule is CSCC[C@@H](C(=O)O)[NH+]([O-])S(=O)(=O)c1cccc2c(N(C)C)cccc12. The van der Waals surface area contributed by atoms with Crippen molar-refractivity contribution in [1.29, 1.82) is 0 Å². The lowest BCUT2D eigenvalue weighted by atomic mass is 10.1. The summed E-state index contributed by atoms with van der Waals surface area (Å²) in [6, 6.07) is 8.30. The van der Waals surface area contributed by atoms with Gasteiger partial charge in [-0.3, -0.25) is 4.47 Å². The van der Waals surface area contributed by atoms with Gasteiger partial charge in [0.25, 0.3) is 0 Å². The van der Waals surface area contributed by atoms with Gasteiger partial charge in [-0.05, 0) is 24.1 Å². The van der Waals surface area contributed by atoms with Crippen molar-refractivity contribution in [2.45, 2.75) is 17.4 Å². The van der Waals surface area contributed by atoms with E-state index in [4.69, 9.17) is 0 Å². The van der Waals surface area contributed by atoms with E-state index in [1.165, 1.54) is 17.8 Å². The number of carbonyl (C=O) groups is 1. The lowest BCUT2D eigenvalue weighted by Gasteiger charge is -2.28. The van der Waals surface area contributed by atoms with Crippen LogP contribution in [0.2, 0.25) is 0 Å². The maximum atomic E-state index is 12.9. The monoisotopic (exact) mass is 398 g/mol. The van der Waals surface area contributed by atoms with E-state index < -0.39 is 26.5 Å². The van der Waals surface area contributed by atoms with Gasteiger partial charge in [-0.15, -0.1) is 0 Å². The molecule has 9 heteroatoms. The Balaban J connectivity index is 2.58. The van der Waals surface area contributed by atoms with E-state index in [0.29, 0.717) is 16.5 Å². The Morgan fingerprint density at radius 1 is 1.23 bits per heavy atom. The zero-order valence-corrected chi connectivity index (χ0v) is 16.4. The molecule has 1 unspecified atom stereocenters. The maximum absolute atomic E-state index is 12.9. The molecule has 0 aliphatic rings. The third kappa shape index (κ3) is 3.96. The highest BCUT2D eigenvalue weighted by atomic mass is 32.2. The first-order valence-electron chi connectivity index (χ1n) is 7.91. The zero-order chi connectivity index (χ0) is 19.5. The molecule has 2 aromatic carbocycles. The smallest absolute Gasteiger partial charge is 0.364 e. The third-order valence-corrected chi connectivity index (χ3v) is 6.48. The summed E-state index contributed by atoms with van der Waals surface area (Å²) in [6.45, 7) is 0. The van der Waals surface area contributed by atoms with Crippen molar-refractivity contribution in [1.82, 2.24) is 0 Å². The summed E-state index contributed by atoms with van der Waals surface area (Å²) in [6.07, 6.45) is 1.74. The summed E-state index contributed by atoms with van der Waals surface area (Å²) in [5.74, 6) is -1.03. The highest BCUT2D eigenvalue weighted by Gasteiger charge is 2.35. The van der Waals surface area contributed by atoms with Crippen molar-refractivity contribution in [2.75, 3.05) is 31.0 Å². The molecule has 0 amide bonds. The molecule has 0 aliphatic heterocycles. The number of quaternary nitrogens is 1. The molecule has 0 saturated heterocycles. The number of rotatable bonds is 8. The molecule has 7 nitrogen and oxygen atoms in total. The lowest BCUT2D eigenvalue weighted by Crippen LogP contribution is -3.14. The normalized spacial score (nSPS) is 14.2. The number of carboxylic acids is 1. The number of hydrogen-bond acceptors (Lipinski definition) is 6. The van der Waals surface area contributed by atoms with Crippen molar-refractivity contribution in [3.05, 3.63) is 41.6 Å². The molecule has 26 heavy (non-hydrogen) atoms. The Kier molecular flexibility index (Phi) is 6.51. The largest absolute Gasteiger partial charge is 0.617 e. The molecule has 2 aromatic rings. The van der Waals surface area contributed by atoms with Gasteiger partial charge in [0.1, 0.15) is 4.90 Å². The van der Waals surface area contributed by atoms with Gasteiger partial charge in [-0.2, -0.15) is 20.2 Å². The van der Waals surface area contributed by atoms with Crippen LogP contribution in [0.1, 0.15) is 6.42 Å². The second-order valence-corrected chi connectivity index (χ2v) is 8.85. The first-order valence-corrected chi connectivity index (χ1v) is 10.8. The summed E-state index contributed by atoms with van der Waals surface area (Å²) >= 11 is 1.36. The number of hydrogen-bond donors (Lipinski definition) is 2. The Morgan fingerprint density at radius 2 is 1.85 bits per heavy atom. The molecule has 0 bridgehead atoms. The minimum Gasteiger partial charge on any atom is -0.617 e. The molecule has 0 aliphatic carbocycles. The molecule has 0 saturated carbocycles. The topological polar surface area (TPSA) is 102 Å². The van der Waals surface area contributed by atoms with E-state index in [9.17, 15) is 23.5 Å². The van der Waals surface area contributed by atoms with E-state index in [1.54, 1.807) is 30.5 Å². The first kappa shape index (κ1) is 20.5. The van der Waals surface area contributed by atoms with Gasteiger partial charge in [0.15, 0.2) is 0 Å². The number of nitrogens with zero attached hydrogens (tertiary/aromatic N) is 1. The van der Waals surface area contributed by atoms with Gasteiger partial charge < -0.3 is 15.2 Å². The standard InChI is InChI=1S/C17H22N2O5S2/c1-18(2)14-8-4-7-13-12(14)6-5-9-16(13)26(23,24)19(22)15(17(20)21)10-11-25-3/h4-9,15,19H,10-11H2,1-3H3,(H,20,21)/t15-/m0/s1. The predicted molar refractivity (Wildman–Crippen MR) is 104 cm³/mol. The molecule has 0 spiro atoms. The van der Waals surface area contributed by atoms with E-state index in [1.807, 2.05) is 25.1 Å². The van der Waals surface area contributed by atoms with Crippen molar-refractivity contribution in [2.24, 2.45) is 0 Å². The summed E-state index contributed by atoms with van der Waals surface area (Å²) < 4.78 is 24.5. The van der Waals surface area contributed by atoms with Gasteiger partial charge in [-0.25, -0.2) is 4.79 Å². The average molecular weight is 399 g/mol. The lowest BCUT2D eigenvalue weighted by molar-refractivity contribution is -0.730. The van der Waals surface area contributed by atoms with E-state index >= 15 is 0 Å². The molecular weight excluding hydrogens is 376 g/mol. The predicted octanol–water partition coefficient (Wildman–Crippen LogP) is 1.18. The Labute approximate surface area is 157 Å². The second-order valence-electron chi connectivity index (χ2n) is 6.02. The number of nitrogens with one attached hydrogen (secondary N) is 1. The Bertz CT molecular complexity index is 899. The Morgan fingerprint density at radius 3 is 2.42 bits per heavy atom. The number of benzene rings is 2. The number of aliphatic carboxylic acids is 1. The quantitative estimate of drug-likeness (QED) is 0.644.